The van der Waals surface area contributed by atoms with E-state index >= 15 is 0 Å². The van der Waals surface area contributed by atoms with E-state index in [1.54, 1.807) is 6.92 Å². The number of nitrogen functional groups attached to an aromatic ring is 1. The Morgan fingerprint density at radius 2 is 2.05 bits per heavy atom. The Morgan fingerprint density at radius 1 is 1.35 bits per heavy atom. The van der Waals surface area contributed by atoms with Gasteiger partial charge in [-0.15, -0.1) is 0 Å². The highest BCUT2D eigenvalue weighted by atomic mass is 16.6. The Morgan fingerprint density at radius 3 is 2.65 bits per heavy atom. The highest BCUT2D eigenvalue weighted by Gasteiger charge is 2.22. The summed E-state index contributed by atoms with van der Waals surface area (Å²) < 4.78 is 0. The van der Waals surface area contributed by atoms with E-state index in [1.165, 1.54) is 19.3 Å². The Labute approximate surface area is 119 Å². The number of hydrogen-bond donors (Lipinski definition) is 2. The smallest absolute Gasteiger partial charge is 0.332 e. The first-order valence-electron chi connectivity index (χ1n) is 7.00. The molecule has 1 aromatic heterocycles. The minimum Gasteiger partial charge on any atom is -0.368 e. The zero-order valence-corrected chi connectivity index (χ0v) is 12.3. The molecule has 112 valence electrons. The number of nitrogens with two attached hydrogens (primary N) is 1. The summed E-state index contributed by atoms with van der Waals surface area (Å²) in [6.45, 7) is 5.72. The van der Waals surface area contributed by atoms with Gasteiger partial charge in [-0.05, 0) is 20.3 Å². The summed E-state index contributed by atoms with van der Waals surface area (Å²) in [5.74, 6) is 0.261. The van der Waals surface area contributed by atoms with Crippen molar-refractivity contribution in [1.82, 2.24) is 9.97 Å². The van der Waals surface area contributed by atoms with Crippen LogP contribution < -0.4 is 11.1 Å². The third kappa shape index (κ3) is 4.64. The van der Waals surface area contributed by atoms with Gasteiger partial charge in [0.2, 0.25) is 11.8 Å². The fourth-order valence-electron chi connectivity index (χ4n) is 2.09. The third-order valence-corrected chi connectivity index (χ3v) is 3.13. The summed E-state index contributed by atoms with van der Waals surface area (Å²) in [5, 5.41) is 14.2. The molecule has 7 nitrogen and oxygen atoms in total. The molecular weight excluding hydrogens is 258 g/mol. The first-order chi connectivity index (χ1) is 9.45. The highest BCUT2D eigenvalue weighted by molar-refractivity contribution is 5.60. The summed E-state index contributed by atoms with van der Waals surface area (Å²) in [6, 6.07) is 0.110. The van der Waals surface area contributed by atoms with Crippen molar-refractivity contribution in [2.24, 2.45) is 0 Å². The lowest BCUT2D eigenvalue weighted by Crippen LogP contribution is -2.18. The van der Waals surface area contributed by atoms with Crippen molar-refractivity contribution < 1.29 is 4.92 Å². The summed E-state index contributed by atoms with van der Waals surface area (Å²) in [5.41, 5.74) is 5.74. The summed E-state index contributed by atoms with van der Waals surface area (Å²) in [7, 11) is 0. The van der Waals surface area contributed by atoms with Gasteiger partial charge in [-0.25, -0.2) is 4.98 Å². The van der Waals surface area contributed by atoms with E-state index < -0.39 is 4.92 Å². The number of nitrogens with one attached hydrogen (secondary N) is 1. The molecule has 0 saturated heterocycles. The highest BCUT2D eigenvalue weighted by Crippen LogP contribution is 2.26. The molecule has 0 bridgehead atoms. The normalized spacial score (nSPS) is 12.2. The molecule has 1 rings (SSSR count). The monoisotopic (exact) mass is 281 g/mol. The van der Waals surface area contributed by atoms with Crippen LogP contribution in [0.25, 0.3) is 0 Å². The maximum absolute atomic E-state index is 11.1. The molecule has 0 fully saturated rings. The predicted molar refractivity (Wildman–Crippen MR) is 79.7 cm³/mol. The number of rotatable bonds is 8. The van der Waals surface area contributed by atoms with Gasteiger partial charge < -0.3 is 11.1 Å². The van der Waals surface area contributed by atoms with E-state index in [1.807, 2.05) is 6.92 Å². The average molecular weight is 281 g/mol. The number of aryl methyl sites for hydroxylation is 1. The van der Waals surface area contributed by atoms with E-state index in [-0.39, 0.29) is 29.2 Å². The minimum atomic E-state index is -0.471. The van der Waals surface area contributed by atoms with Crippen LogP contribution in [0, 0.1) is 17.0 Å². The lowest BCUT2D eigenvalue weighted by atomic mass is 10.1. The maximum atomic E-state index is 11.1. The average Bonchev–Trinajstić information content (AvgIpc) is 2.33. The molecule has 0 aliphatic carbocycles. The van der Waals surface area contributed by atoms with Crippen LogP contribution in [0.3, 0.4) is 0 Å². The van der Waals surface area contributed by atoms with E-state index in [0.717, 1.165) is 12.8 Å². The van der Waals surface area contributed by atoms with Crippen molar-refractivity contribution in [3.05, 3.63) is 15.8 Å². The Hall–Kier alpha value is -1.92. The molecule has 0 aliphatic rings. The second-order valence-corrected chi connectivity index (χ2v) is 5.02. The van der Waals surface area contributed by atoms with Crippen LogP contribution in [0.2, 0.25) is 0 Å². The summed E-state index contributed by atoms with van der Waals surface area (Å²) in [4.78, 5) is 18.4. The van der Waals surface area contributed by atoms with Crippen LogP contribution in [0.5, 0.6) is 0 Å². The molecular formula is C13H23N5O2. The van der Waals surface area contributed by atoms with E-state index in [4.69, 9.17) is 5.73 Å². The van der Waals surface area contributed by atoms with Gasteiger partial charge in [0.1, 0.15) is 5.69 Å². The molecule has 0 spiro atoms. The van der Waals surface area contributed by atoms with Crippen molar-refractivity contribution >= 4 is 17.5 Å². The van der Waals surface area contributed by atoms with Gasteiger partial charge in [-0.2, -0.15) is 4.98 Å². The number of anilines is 2. The first-order valence-corrected chi connectivity index (χ1v) is 7.00. The summed E-state index contributed by atoms with van der Waals surface area (Å²) in [6.07, 6.45) is 5.62. The van der Waals surface area contributed by atoms with Gasteiger partial charge >= 0.3 is 5.69 Å². The number of nitrogens with zero attached hydrogens (tertiary/aromatic N) is 3. The molecule has 0 aliphatic heterocycles. The Kier molecular flexibility index (Phi) is 6.14. The first kappa shape index (κ1) is 16.1. The molecule has 0 radical (unpaired) electrons. The van der Waals surface area contributed by atoms with Crippen molar-refractivity contribution in [2.45, 2.75) is 58.9 Å². The second kappa shape index (κ2) is 7.62. The predicted octanol–water partition coefficient (Wildman–Crippen LogP) is 3.05. The molecule has 7 heteroatoms. The molecule has 1 aromatic rings. The van der Waals surface area contributed by atoms with Crippen LogP contribution >= 0.6 is 0 Å². The number of unbranched alkanes of at least 4 members (excludes halogenated alkanes) is 3. The topological polar surface area (TPSA) is 107 Å². The number of hydrogen-bond acceptors (Lipinski definition) is 6. The zero-order chi connectivity index (χ0) is 15.1. The summed E-state index contributed by atoms with van der Waals surface area (Å²) >= 11 is 0. The molecule has 1 atom stereocenters. The Bertz CT molecular complexity index is 464. The lowest BCUT2D eigenvalue weighted by molar-refractivity contribution is -0.385. The molecule has 0 amide bonds. The zero-order valence-electron chi connectivity index (χ0n) is 12.3. The Balaban J connectivity index is 2.73. The minimum absolute atomic E-state index is 0.0498. The standard InChI is InChI=1S/C13H23N5O2/c1-4-5-6-7-8-9(2)15-12-11(18(19)20)10(3)16-13(14)17-12/h9H,4-8H2,1-3H3,(H3,14,15,16,17). The second-order valence-electron chi connectivity index (χ2n) is 5.02. The van der Waals surface area contributed by atoms with Crippen LogP contribution in [-0.4, -0.2) is 20.9 Å². The van der Waals surface area contributed by atoms with Crippen molar-refractivity contribution in [3.63, 3.8) is 0 Å². The van der Waals surface area contributed by atoms with E-state index in [0.29, 0.717) is 0 Å². The van der Waals surface area contributed by atoms with Gasteiger partial charge in [0.15, 0.2) is 0 Å². The number of nitro groups is 1. The largest absolute Gasteiger partial charge is 0.368 e. The van der Waals surface area contributed by atoms with Crippen LogP contribution in [-0.2, 0) is 0 Å². The molecule has 1 heterocycles. The third-order valence-electron chi connectivity index (χ3n) is 3.13. The van der Waals surface area contributed by atoms with E-state index in [9.17, 15) is 10.1 Å². The number of aromatic nitrogens is 2. The van der Waals surface area contributed by atoms with Gasteiger partial charge in [0, 0.05) is 6.04 Å². The van der Waals surface area contributed by atoms with Crippen molar-refractivity contribution in [2.75, 3.05) is 11.1 Å². The lowest BCUT2D eigenvalue weighted by Gasteiger charge is -2.15. The van der Waals surface area contributed by atoms with Gasteiger partial charge in [0.05, 0.1) is 4.92 Å². The van der Waals surface area contributed by atoms with E-state index in [2.05, 4.69) is 22.2 Å². The quantitative estimate of drug-likeness (QED) is 0.431. The SMILES string of the molecule is CCCCCCC(C)Nc1nc(N)nc(C)c1[N+](=O)[O-]. The van der Waals surface area contributed by atoms with Crippen molar-refractivity contribution in [1.29, 1.82) is 0 Å². The molecule has 3 N–H and O–H groups in total. The van der Waals surface area contributed by atoms with Gasteiger partial charge in [-0.1, -0.05) is 32.6 Å². The van der Waals surface area contributed by atoms with Crippen LogP contribution in [0.1, 0.15) is 51.6 Å². The molecule has 1 unspecified atom stereocenters. The van der Waals surface area contributed by atoms with Gasteiger partial charge in [-0.3, -0.25) is 10.1 Å². The van der Waals surface area contributed by atoms with Crippen LogP contribution in [0.15, 0.2) is 0 Å². The van der Waals surface area contributed by atoms with Crippen molar-refractivity contribution in [3.8, 4) is 0 Å². The van der Waals surface area contributed by atoms with Gasteiger partial charge in [0.25, 0.3) is 0 Å². The maximum Gasteiger partial charge on any atom is 0.332 e. The fraction of sp³-hybridized carbons (Fsp3) is 0.692. The van der Waals surface area contributed by atoms with Crippen LogP contribution in [0.4, 0.5) is 17.5 Å². The molecule has 20 heavy (non-hydrogen) atoms. The fourth-order valence-corrected chi connectivity index (χ4v) is 2.09. The molecule has 0 saturated carbocycles. The molecule has 0 aromatic carbocycles.